The molecule has 0 aliphatic heterocycles. The number of benzene rings is 3. The molecule has 0 unspecified atom stereocenters. The van der Waals surface area contributed by atoms with Crippen molar-refractivity contribution in [3.63, 3.8) is 0 Å². The third kappa shape index (κ3) is 1.82. The molecule has 120 valence electrons. The summed E-state index contributed by atoms with van der Waals surface area (Å²) in [6.07, 6.45) is 0. The van der Waals surface area contributed by atoms with Gasteiger partial charge in [-0.05, 0) is 5.39 Å². The quantitative estimate of drug-likeness (QED) is 0.177. The molecule has 3 rings (SSSR count). The Labute approximate surface area is 120 Å². The van der Waals surface area contributed by atoms with E-state index in [9.17, 15) is 39.5 Å². The van der Waals surface area contributed by atoms with Crippen LogP contribution in [0.15, 0.2) is 0 Å². The van der Waals surface area contributed by atoms with Gasteiger partial charge in [-0.2, -0.15) is 0 Å². The van der Waals surface area contributed by atoms with E-state index in [-0.39, 0.29) is 0 Å². The molecule has 0 fully saturated rings. The molecule has 0 nitrogen and oxygen atoms in total. The van der Waals surface area contributed by atoms with E-state index in [2.05, 4.69) is 0 Å². The SMILES string of the molecule is Fc1[c-]c(F)c2c(F)c3c(F)c(F)c(F)c(F)c3c(F)c2c1F. The van der Waals surface area contributed by atoms with Crippen molar-refractivity contribution in [1.82, 2.24) is 0 Å². The van der Waals surface area contributed by atoms with Crippen molar-refractivity contribution in [3.8, 4) is 0 Å². The molecular formula is C14F9-. The predicted octanol–water partition coefficient (Wildman–Crippen LogP) is 5.05. The highest BCUT2D eigenvalue weighted by Crippen LogP contribution is 2.38. The molecule has 0 atom stereocenters. The summed E-state index contributed by atoms with van der Waals surface area (Å²) >= 11 is 0. The van der Waals surface area contributed by atoms with Crippen molar-refractivity contribution < 1.29 is 39.5 Å². The van der Waals surface area contributed by atoms with Crippen LogP contribution in [0, 0.1) is 58.4 Å². The van der Waals surface area contributed by atoms with E-state index >= 15 is 0 Å². The summed E-state index contributed by atoms with van der Waals surface area (Å²) in [6.45, 7) is 0. The molecule has 0 N–H and O–H groups in total. The van der Waals surface area contributed by atoms with E-state index in [4.69, 9.17) is 0 Å². The fraction of sp³-hybridized carbons (Fsp3) is 0. The minimum absolute atomic E-state index is 1.08. The zero-order valence-corrected chi connectivity index (χ0v) is 10.4. The van der Waals surface area contributed by atoms with Crippen molar-refractivity contribution in [1.29, 1.82) is 0 Å². The van der Waals surface area contributed by atoms with E-state index < -0.39 is 73.9 Å². The highest BCUT2D eigenvalue weighted by atomic mass is 19.2. The molecule has 9 heteroatoms. The lowest BCUT2D eigenvalue weighted by Crippen LogP contribution is -2.05. The van der Waals surface area contributed by atoms with Gasteiger partial charge in [0, 0.05) is 11.6 Å². The second-order valence-corrected chi connectivity index (χ2v) is 4.45. The van der Waals surface area contributed by atoms with Crippen molar-refractivity contribution in [2.75, 3.05) is 0 Å². The van der Waals surface area contributed by atoms with Gasteiger partial charge in [-0.25, -0.2) is 35.1 Å². The summed E-state index contributed by atoms with van der Waals surface area (Å²) in [5, 5.41) is -6.91. The zero-order valence-electron chi connectivity index (χ0n) is 10.4. The van der Waals surface area contributed by atoms with Crippen LogP contribution in [-0.2, 0) is 0 Å². The van der Waals surface area contributed by atoms with Crippen LogP contribution in [-0.4, -0.2) is 0 Å². The van der Waals surface area contributed by atoms with Gasteiger partial charge in [0.15, 0.2) is 23.3 Å². The predicted molar refractivity (Wildman–Crippen MR) is 59.9 cm³/mol. The minimum atomic E-state index is -2.49. The molecule has 23 heavy (non-hydrogen) atoms. The van der Waals surface area contributed by atoms with Gasteiger partial charge < -0.3 is 0 Å². The first-order valence-electron chi connectivity index (χ1n) is 5.70. The Morgan fingerprint density at radius 2 is 0.739 bits per heavy atom. The highest BCUT2D eigenvalue weighted by molar-refractivity contribution is 6.01. The van der Waals surface area contributed by atoms with Gasteiger partial charge in [0.05, 0.1) is 22.4 Å². The van der Waals surface area contributed by atoms with E-state index in [1.54, 1.807) is 0 Å². The Kier molecular flexibility index (Phi) is 3.20. The fourth-order valence-corrected chi connectivity index (χ4v) is 2.25. The first kappa shape index (κ1) is 15.4. The van der Waals surface area contributed by atoms with E-state index in [0.717, 1.165) is 6.07 Å². The summed E-state index contributed by atoms with van der Waals surface area (Å²) in [5.74, 6) is -20.2. The number of rotatable bonds is 0. The molecule has 3 aromatic carbocycles. The molecule has 0 heterocycles. The van der Waals surface area contributed by atoms with Crippen molar-refractivity contribution in [2.45, 2.75) is 0 Å². The number of hydrogen-bond acceptors (Lipinski definition) is 0. The summed E-state index contributed by atoms with van der Waals surface area (Å²) in [4.78, 5) is 0. The fourth-order valence-electron chi connectivity index (χ4n) is 2.25. The van der Waals surface area contributed by atoms with Gasteiger partial charge in [0.25, 0.3) is 0 Å². The van der Waals surface area contributed by atoms with Crippen LogP contribution in [0.2, 0.25) is 0 Å². The van der Waals surface area contributed by atoms with Crippen LogP contribution in [0.25, 0.3) is 21.5 Å². The average molecular weight is 339 g/mol. The summed E-state index contributed by atoms with van der Waals surface area (Å²) in [5.41, 5.74) is 0. The molecular weight excluding hydrogens is 339 g/mol. The molecule has 0 spiro atoms. The van der Waals surface area contributed by atoms with Crippen molar-refractivity contribution >= 4 is 21.5 Å². The van der Waals surface area contributed by atoms with Gasteiger partial charge in [0.1, 0.15) is 5.82 Å². The number of halogens is 9. The molecule has 0 amide bonds. The lowest BCUT2D eigenvalue weighted by molar-refractivity contribution is 0.414. The minimum Gasteiger partial charge on any atom is -0.281 e. The third-order valence-corrected chi connectivity index (χ3v) is 3.25. The van der Waals surface area contributed by atoms with Crippen LogP contribution < -0.4 is 0 Å². The largest absolute Gasteiger partial charge is 0.281 e. The Bertz CT molecular complexity index is 1010. The maximum atomic E-state index is 14.2. The normalized spacial score (nSPS) is 11.7. The molecule has 0 radical (unpaired) electrons. The molecule has 0 saturated carbocycles. The second-order valence-electron chi connectivity index (χ2n) is 4.45. The average Bonchev–Trinajstić information content (AvgIpc) is 2.49. The standard InChI is InChI=1S/C14F9/c15-2-1-3(16)8(17)5-4(2)9(18)6-7(10(5)19)12(21)14(23)13(22)11(6)20/q-1. The topological polar surface area (TPSA) is 0 Å². The van der Waals surface area contributed by atoms with Crippen LogP contribution in [0.3, 0.4) is 0 Å². The van der Waals surface area contributed by atoms with Gasteiger partial charge in [-0.15, -0.1) is 6.07 Å². The third-order valence-electron chi connectivity index (χ3n) is 3.25. The van der Waals surface area contributed by atoms with Crippen LogP contribution >= 0.6 is 0 Å². The van der Waals surface area contributed by atoms with E-state index in [1.807, 2.05) is 0 Å². The van der Waals surface area contributed by atoms with E-state index in [1.165, 1.54) is 0 Å². The molecule has 3 aromatic rings. The number of hydrogen-bond donors (Lipinski definition) is 0. The summed E-state index contributed by atoms with van der Waals surface area (Å²) in [7, 11) is 0. The molecule has 0 saturated heterocycles. The maximum Gasteiger partial charge on any atom is 0.198 e. The van der Waals surface area contributed by atoms with Gasteiger partial charge in [0.2, 0.25) is 0 Å². The highest BCUT2D eigenvalue weighted by Gasteiger charge is 2.27. The monoisotopic (exact) mass is 339 g/mol. The second kappa shape index (κ2) is 4.77. The molecule has 0 aliphatic carbocycles. The Morgan fingerprint density at radius 1 is 0.348 bits per heavy atom. The Balaban J connectivity index is 2.80. The van der Waals surface area contributed by atoms with Gasteiger partial charge in [-0.1, -0.05) is 5.39 Å². The maximum absolute atomic E-state index is 14.2. The first-order valence-corrected chi connectivity index (χ1v) is 5.70. The van der Waals surface area contributed by atoms with Crippen LogP contribution in [0.1, 0.15) is 0 Å². The Morgan fingerprint density at radius 3 is 1.22 bits per heavy atom. The van der Waals surface area contributed by atoms with E-state index in [0.29, 0.717) is 0 Å². The van der Waals surface area contributed by atoms with Crippen LogP contribution in [0.5, 0.6) is 0 Å². The van der Waals surface area contributed by atoms with Crippen molar-refractivity contribution in [3.05, 3.63) is 58.4 Å². The lowest BCUT2D eigenvalue weighted by atomic mass is 9.99. The number of fused-ring (bicyclic) bond motifs is 2. The smallest absolute Gasteiger partial charge is 0.198 e. The molecule has 0 aliphatic rings. The van der Waals surface area contributed by atoms with Crippen molar-refractivity contribution in [2.24, 2.45) is 0 Å². The first-order chi connectivity index (χ1) is 10.7. The lowest BCUT2D eigenvalue weighted by Gasteiger charge is -2.17. The Hall–Kier alpha value is -2.45. The zero-order chi connectivity index (χ0) is 17.2. The van der Waals surface area contributed by atoms with Crippen LogP contribution in [0.4, 0.5) is 39.5 Å². The van der Waals surface area contributed by atoms with Gasteiger partial charge >= 0.3 is 0 Å². The molecule has 0 aromatic heterocycles. The van der Waals surface area contributed by atoms with Gasteiger partial charge in [-0.3, -0.25) is 4.39 Å². The molecule has 0 bridgehead atoms. The summed E-state index contributed by atoms with van der Waals surface area (Å²) in [6, 6.07) is 1.08. The summed E-state index contributed by atoms with van der Waals surface area (Å²) < 4.78 is 122.